The van der Waals surface area contributed by atoms with Crippen LogP contribution in [0.1, 0.15) is 64.7 Å². The molecule has 0 spiro atoms. The van der Waals surface area contributed by atoms with E-state index in [1.165, 1.54) is 19.3 Å². The minimum Gasteiger partial charge on any atom is -0.481 e. The fraction of sp³-hybridized carbons (Fsp3) is 0.875. The lowest BCUT2D eigenvalue weighted by molar-refractivity contribution is -0.149. The minimum absolute atomic E-state index is 0.0720. The van der Waals surface area contributed by atoms with Crippen molar-refractivity contribution in [2.75, 3.05) is 6.54 Å². The van der Waals surface area contributed by atoms with Crippen LogP contribution in [-0.2, 0) is 9.59 Å². The summed E-state index contributed by atoms with van der Waals surface area (Å²) in [6, 6.07) is 0.0720. The summed E-state index contributed by atoms with van der Waals surface area (Å²) in [5.74, 6) is -0.524. The molecular formula is C16H27NO3. The molecule has 0 aromatic rings. The number of carboxylic acids is 1. The van der Waals surface area contributed by atoms with E-state index in [1.54, 1.807) is 0 Å². The van der Waals surface area contributed by atoms with Crippen LogP contribution in [0.5, 0.6) is 0 Å². The second-order valence-corrected chi connectivity index (χ2v) is 6.48. The first kappa shape index (κ1) is 15.3. The van der Waals surface area contributed by atoms with Crippen LogP contribution in [0.3, 0.4) is 0 Å². The predicted molar refractivity (Wildman–Crippen MR) is 77.3 cm³/mol. The normalized spacial score (nSPS) is 29.6. The van der Waals surface area contributed by atoms with E-state index >= 15 is 0 Å². The van der Waals surface area contributed by atoms with Crippen molar-refractivity contribution in [2.24, 2.45) is 11.8 Å². The Labute approximate surface area is 121 Å². The van der Waals surface area contributed by atoms with Gasteiger partial charge in [-0.2, -0.15) is 0 Å². The number of carbonyl (C=O) groups excluding carboxylic acids is 1. The summed E-state index contributed by atoms with van der Waals surface area (Å²) >= 11 is 0. The Kier molecular flexibility index (Phi) is 5.44. The maximum atomic E-state index is 12.7. The van der Waals surface area contributed by atoms with Crippen LogP contribution in [0, 0.1) is 11.8 Å². The topological polar surface area (TPSA) is 57.6 Å². The number of nitrogens with zero attached hydrogens (tertiary/aromatic N) is 1. The molecule has 2 unspecified atom stereocenters. The summed E-state index contributed by atoms with van der Waals surface area (Å²) < 4.78 is 0. The highest BCUT2D eigenvalue weighted by molar-refractivity contribution is 5.79. The van der Waals surface area contributed by atoms with Gasteiger partial charge in [0.25, 0.3) is 0 Å². The van der Waals surface area contributed by atoms with Gasteiger partial charge in [-0.1, -0.05) is 32.1 Å². The average Bonchev–Trinajstić information content (AvgIpc) is 2.37. The zero-order valence-electron chi connectivity index (χ0n) is 12.5. The van der Waals surface area contributed by atoms with Gasteiger partial charge in [0.2, 0.25) is 5.91 Å². The number of carbonyl (C=O) groups is 2. The Balaban J connectivity index is 1.92. The van der Waals surface area contributed by atoms with Crippen LogP contribution in [0.15, 0.2) is 0 Å². The van der Waals surface area contributed by atoms with Gasteiger partial charge >= 0.3 is 5.97 Å². The standard InChI is InChI=1S/C16H27NO3/c1-12-11-14(16(19)20)9-10-17(12)15(18)13-7-5-3-2-4-6-8-13/h12-14H,2-11H2,1H3,(H,19,20). The van der Waals surface area contributed by atoms with Gasteiger partial charge in [0, 0.05) is 18.5 Å². The maximum Gasteiger partial charge on any atom is 0.306 e. The second kappa shape index (κ2) is 7.09. The molecule has 4 nitrogen and oxygen atoms in total. The van der Waals surface area contributed by atoms with Crippen LogP contribution in [0.4, 0.5) is 0 Å². The molecule has 1 amide bonds. The summed E-state index contributed by atoms with van der Waals surface area (Å²) in [4.78, 5) is 25.7. The van der Waals surface area contributed by atoms with Crippen molar-refractivity contribution >= 4 is 11.9 Å². The highest BCUT2D eigenvalue weighted by Gasteiger charge is 2.34. The van der Waals surface area contributed by atoms with Crippen LogP contribution < -0.4 is 0 Å². The van der Waals surface area contributed by atoms with Gasteiger partial charge < -0.3 is 10.0 Å². The van der Waals surface area contributed by atoms with Gasteiger partial charge in [-0.05, 0) is 32.6 Å². The fourth-order valence-electron chi connectivity index (χ4n) is 3.66. The first-order chi connectivity index (χ1) is 9.59. The van der Waals surface area contributed by atoms with Crippen LogP contribution in [0.25, 0.3) is 0 Å². The molecule has 2 atom stereocenters. The predicted octanol–water partition coefficient (Wildman–Crippen LogP) is 3.06. The van der Waals surface area contributed by atoms with Gasteiger partial charge in [0.15, 0.2) is 0 Å². The minimum atomic E-state index is -0.713. The number of rotatable bonds is 2. The summed E-state index contributed by atoms with van der Waals surface area (Å²) in [5, 5.41) is 9.09. The number of carboxylic acid groups (broad SMARTS) is 1. The zero-order valence-corrected chi connectivity index (χ0v) is 12.5. The molecule has 1 heterocycles. The second-order valence-electron chi connectivity index (χ2n) is 6.48. The van der Waals surface area contributed by atoms with Crippen molar-refractivity contribution in [3.8, 4) is 0 Å². The lowest BCUT2D eigenvalue weighted by Gasteiger charge is -2.38. The van der Waals surface area contributed by atoms with Gasteiger partial charge in [-0.3, -0.25) is 9.59 Å². The smallest absolute Gasteiger partial charge is 0.306 e. The molecule has 0 aromatic carbocycles. The third kappa shape index (κ3) is 3.74. The molecule has 4 heteroatoms. The molecule has 114 valence electrons. The van der Waals surface area contributed by atoms with E-state index in [-0.39, 0.29) is 23.8 Å². The molecule has 1 aliphatic heterocycles. The highest BCUT2D eigenvalue weighted by Crippen LogP contribution is 2.29. The maximum absolute atomic E-state index is 12.7. The number of aliphatic carboxylic acids is 1. The van der Waals surface area contributed by atoms with E-state index in [0.29, 0.717) is 19.4 Å². The Bertz CT molecular complexity index is 348. The van der Waals surface area contributed by atoms with Crippen LogP contribution in [0.2, 0.25) is 0 Å². The fourth-order valence-corrected chi connectivity index (χ4v) is 3.66. The number of amides is 1. The quantitative estimate of drug-likeness (QED) is 0.846. The Morgan fingerprint density at radius 2 is 1.55 bits per heavy atom. The van der Waals surface area contributed by atoms with E-state index in [9.17, 15) is 9.59 Å². The van der Waals surface area contributed by atoms with Gasteiger partial charge in [0.1, 0.15) is 0 Å². The molecule has 1 saturated carbocycles. The molecule has 1 aliphatic carbocycles. The van der Waals surface area contributed by atoms with E-state index in [1.807, 2.05) is 11.8 Å². The summed E-state index contributed by atoms with van der Waals surface area (Å²) in [5.41, 5.74) is 0. The number of piperidine rings is 1. The average molecular weight is 281 g/mol. The zero-order chi connectivity index (χ0) is 14.5. The molecule has 2 rings (SSSR count). The highest BCUT2D eigenvalue weighted by atomic mass is 16.4. The molecular weight excluding hydrogens is 254 g/mol. The molecule has 0 radical (unpaired) electrons. The summed E-state index contributed by atoms with van der Waals surface area (Å²) in [6.07, 6.45) is 9.38. The third-order valence-corrected chi connectivity index (χ3v) is 4.96. The van der Waals surface area contributed by atoms with Gasteiger partial charge in [-0.15, -0.1) is 0 Å². The van der Waals surface area contributed by atoms with Crippen molar-refractivity contribution in [3.05, 3.63) is 0 Å². The molecule has 2 aliphatic rings. The third-order valence-electron chi connectivity index (χ3n) is 4.96. The SMILES string of the molecule is CC1CC(C(=O)O)CCN1C(=O)C1CCCCCCC1. The van der Waals surface area contributed by atoms with Gasteiger partial charge in [-0.25, -0.2) is 0 Å². The van der Waals surface area contributed by atoms with E-state index < -0.39 is 5.97 Å². The molecule has 0 aromatic heterocycles. The van der Waals surface area contributed by atoms with Crippen LogP contribution in [-0.4, -0.2) is 34.5 Å². The number of hydrogen-bond acceptors (Lipinski definition) is 2. The largest absolute Gasteiger partial charge is 0.481 e. The lowest BCUT2D eigenvalue weighted by atomic mass is 9.87. The Hall–Kier alpha value is -1.06. The Morgan fingerprint density at radius 1 is 0.950 bits per heavy atom. The molecule has 1 saturated heterocycles. The number of likely N-dealkylation sites (tertiary alicyclic amines) is 1. The van der Waals surface area contributed by atoms with Crippen molar-refractivity contribution in [3.63, 3.8) is 0 Å². The van der Waals surface area contributed by atoms with E-state index in [0.717, 1.165) is 25.7 Å². The molecule has 2 fully saturated rings. The first-order valence-electron chi connectivity index (χ1n) is 8.13. The number of hydrogen-bond donors (Lipinski definition) is 1. The first-order valence-corrected chi connectivity index (χ1v) is 8.13. The van der Waals surface area contributed by atoms with Crippen molar-refractivity contribution < 1.29 is 14.7 Å². The van der Waals surface area contributed by atoms with Gasteiger partial charge in [0.05, 0.1) is 5.92 Å². The molecule has 20 heavy (non-hydrogen) atoms. The van der Waals surface area contributed by atoms with Crippen molar-refractivity contribution in [1.29, 1.82) is 0 Å². The van der Waals surface area contributed by atoms with E-state index in [4.69, 9.17) is 5.11 Å². The lowest BCUT2D eigenvalue weighted by Crippen LogP contribution is -2.48. The molecule has 0 bridgehead atoms. The Morgan fingerprint density at radius 3 is 2.10 bits per heavy atom. The summed E-state index contributed by atoms with van der Waals surface area (Å²) in [7, 11) is 0. The monoisotopic (exact) mass is 281 g/mol. The summed E-state index contributed by atoms with van der Waals surface area (Å²) in [6.45, 7) is 2.61. The molecule has 1 N–H and O–H groups in total. The van der Waals surface area contributed by atoms with Crippen LogP contribution >= 0.6 is 0 Å². The van der Waals surface area contributed by atoms with Crippen molar-refractivity contribution in [2.45, 2.75) is 70.8 Å². The van der Waals surface area contributed by atoms with E-state index in [2.05, 4.69) is 0 Å². The van der Waals surface area contributed by atoms with Crippen molar-refractivity contribution in [1.82, 2.24) is 4.90 Å².